The van der Waals surface area contributed by atoms with E-state index in [0.29, 0.717) is 0 Å². The predicted molar refractivity (Wildman–Crippen MR) is 58.4 cm³/mol. The topological polar surface area (TPSA) is 0 Å². The Labute approximate surface area is 169 Å². The highest BCUT2D eigenvalue weighted by Crippen LogP contribution is 2.77. The Bertz CT molecular complexity index is 827. The maximum atomic E-state index is 14.5. The van der Waals surface area contributed by atoms with Gasteiger partial charge in [0.1, 0.15) is 0 Å². The lowest BCUT2D eigenvalue weighted by Gasteiger charge is -2.51. The van der Waals surface area contributed by atoms with E-state index < -0.39 is 70.9 Å². The molecule has 0 amide bonds. The van der Waals surface area contributed by atoms with Gasteiger partial charge in [0, 0.05) is 0 Å². The normalized spacial score (nSPS) is 23.8. The Hall–Kier alpha value is -1.80. The quantitative estimate of drug-likeness (QED) is 0.310. The minimum atomic E-state index is -9.62. The van der Waals surface area contributed by atoms with Crippen LogP contribution in [0.1, 0.15) is 0 Å². The van der Waals surface area contributed by atoms with Crippen LogP contribution in [0.3, 0.4) is 0 Å². The zero-order chi connectivity index (χ0) is 28.2. The van der Waals surface area contributed by atoms with E-state index in [9.17, 15) is 96.6 Å². The van der Waals surface area contributed by atoms with Gasteiger partial charge in [-0.2, -0.15) is 87.8 Å². The van der Waals surface area contributed by atoms with Gasteiger partial charge in [-0.15, -0.1) is 0 Å². The number of hydrogen-bond acceptors (Lipinski definition) is 0. The molecule has 1 aliphatic rings. The van der Waals surface area contributed by atoms with Gasteiger partial charge in [-0.05, 0) is 0 Å². The molecular weight excluding hydrogens is 562 g/mol. The Morgan fingerprint density at radius 3 is 0.941 bits per heavy atom. The molecule has 0 aromatic rings. The van der Waals surface area contributed by atoms with Crippen LogP contribution in [0.15, 0.2) is 11.4 Å². The summed E-state index contributed by atoms with van der Waals surface area (Å²) in [5.74, 6) is -38.7. The van der Waals surface area contributed by atoms with Crippen molar-refractivity contribution in [1.82, 2.24) is 0 Å². The summed E-state index contributed by atoms with van der Waals surface area (Å²) in [6, 6.07) is 0. The lowest BCUT2D eigenvalue weighted by molar-refractivity contribution is -0.471. The Morgan fingerprint density at radius 1 is 0.441 bits per heavy atom. The van der Waals surface area contributed by atoms with Gasteiger partial charge in [0.05, 0.1) is 5.57 Å². The Morgan fingerprint density at radius 2 is 0.765 bits per heavy atom. The third kappa shape index (κ3) is 3.03. The molecule has 0 N–H and O–H groups in total. The van der Waals surface area contributed by atoms with Gasteiger partial charge >= 0.3 is 54.1 Å². The summed E-state index contributed by atoms with van der Waals surface area (Å²) in [7, 11) is 0. The Balaban J connectivity index is 4.77. The molecule has 0 spiro atoms. The van der Waals surface area contributed by atoms with Crippen molar-refractivity contribution in [2.24, 2.45) is 5.41 Å². The van der Waals surface area contributed by atoms with Crippen molar-refractivity contribution in [2.75, 3.05) is 0 Å². The first-order chi connectivity index (χ1) is 14.3. The molecule has 34 heavy (non-hydrogen) atoms. The van der Waals surface area contributed by atoms with E-state index in [1.165, 1.54) is 0 Å². The van der Waals surface area contributed by atoms with Crippen molar-refractivity contribution in [2.45, 2.75) is 54.1 Å². The third-order valence-electron chi connectivity index (χ3n) is 4.52. The number of hydrogen-bond donors (Lipinski definition) is 0. The standard InChI is InChI=1S/C12F22/c13-2-1(4(14,15)7(19,20)5(2,16)17)3(9(23,24)25,10(26,27)28)6(18,11(29,30)31)8(21,22)12(32,33)34. The molecule has 0 fully saturated rings. The summed E-state index contributed by atoms with van der Waals surface area (Å²) in [6.07, 6.45) is -35.6. The van der Waals surface area contributed by atoms with Crippen LogP contribution >= 0.6 is 0 Å². The molecule has 22 heteroatoms. The van der Waals surface area contributed by atoms with Crippen LogP contribution in [0.25, 0.3) is 0 Å². The molecule has 0 nitrogen and oxygen atoms in total. The number of alkyl halides is 21. The molecule has 0 saturated carbocycles. The number of halogens is 22. The molecule has 1 atom stereocenters. The molecular formula is C12F22. The van der Waals surface area contributed by atoms with E-state index in [4.69, 9.17) is 0 Å². The van der Waals surface area contributed by atoms with Crippen LogP contribution in [0.5, 0.6) is 0 Å². The van der Waals surface area contributed by atoms with Crippen molar-refractivity contribution in [3.05, 3.63) is 11.4 Å². The van der Waals surface area contributed by atoms with Crippen molar-refractivity contribution >= 4 is 0 Å². The zero-order valence-electron chi connectivity index (χ0n) is 14.3. The highest BCUT2D eigenvalue weighted by atomic mass is 19.4. The molecule has 1 rings (SSSR count). The summed E-state index contributed by atoms with van der Waals surface area (Å²) >= 11 is 0. The summed E-state index contributed by atoms with van der Waals surface area (Å²) in [5.41, 5.74) is -25.1. The lowest BCUT2D eigenvalue weighted by atomic mass is 9.61. The lowest BCUT2D eigenvalue weighted by Crippen LogP contribution is -2.79. The molecule has 0 aliphatic heterocycles. The van der Waals surface area contributed by atoms with Crippen LogP contribution in [0, 0.1) is 5.41 Å². The fraction of sp³-hybridized carbons (Fsp3) is 0.833. The van der Waals surface area contributed by atoms with Gasteiger partial charge in [0.25, 0.3) is 0 Å². The summed E-state index contributed by atoms with van der Waals surface area (Å²) in [4.78, 5) is 0. The minimum absolute atomic E-state index is 5.58. The first kappa shape index (κ1) is 30.2. The average Bonchev–Trinajstić information content (AvgIpc) is 2.60. The molecule has 0 heterocycles. The first-order valence-corrected chi connectivity index (χ1v) is 7.16. The number of rotatable bonds is 3. The zero-order valence-corrected chi connectivity index (χ0v) is 14.3. The smallest absolute Gasteiger partial charge is 0.225 e. The fourth-order valence-corrected chi connectivity index (χ4v) is 3.02. The van der Waals surface area contributed by atoms with E-state index in [0.717, 1.165) is 0 Å². The van der Waals surface area contributed by atoms with E-state index in [1.807, 2.05) is 0 Å². The highest BCUT2D eigenvalue weighted by Gasteiger charge is 3.02. The van der Waals surface area contributed by atoms with E-state index in [-0.39, 0.29) is 0 Å². The molecule has 0 aromatic carbocycles. The second-order valence-electron chi connectivity index (χ2n) is 6.39. The second kappa shape index (κ2) is 6.90. The molecule has 0 bridgehead atoms. The molecule has 1 unspecified atom stereocenters. The van der Waals surface area contributed by atoms with Crippen LogP contribution < -0.4 is 0 Å². The third-order valence-corrected chi connectivity index (χ3v) is 4.52. The highest BCUT2D eigenvalue weighted by molar-refractivity contribution is 5.47. The van der Waals surface area contributed by atoms with Crippen LogP contribution in [-0.2, 0) is 0 Å². The molecule has 202 valence electrons. The molecule has 0 radical (unpaired) electrons. The summed E-state index contributed by atoms with van der Waals surface area (Å²) in [5, 5.41) is 0. The molecule has 1 aliphatic carbocycles. The van der Waals surface area contributed by atoms with Crippen molar-refractivity contribution in [1.29, 1.82) is 0 Å². The van der Waals surface area contributed by atoms with E-state index in [2.05, 4.69) is 0 Å². The first-order valence-electron chi connectivity index (χ1n) is 7.16. The number of allylic oxidation sites excluding steroid dienone is 2. The van der Waals surface area contributed by atoms with Gasteiger partial charge in [-0.1, -0.05) is 0 Å². The van der Waals surface area contributed by atoms with E-state index in [1.54, 1.807) is 0 Å². The van der Waals surface area contributed by atoms with Crippen molar-refractivity contribution in [3.8, 4) is 0 Å². The monoisotopic (exact) mass is 562 g/mol. The van der Waals surface area contributed by atoms with Crippen LogP contribution in [0.2, 0.25) is 0 Å². The van der Waals surface area contributed by atoms with E-state index >= 15 is 0 Å². The largest absolute Gasteiger partial charge is 0.457 e. The fourth-order valence-electron chi connectivity index (χ4n) is 3.02. The van der Waals surface area contributed by atoms with Crippen LogP contribution in [-0.4, -0.2) is 54.1 Å². The van der Waals surface area contributed by atoms with Crippen molar-refractivity contribution in [3.63, 3.8) is 0 Å². The molecule has 0 aromatic heterocycles. The predicted octanol–water partition coefficient (Wildman–Crippen LogP) is 7.71. The van der Waals surface area contributed by atoms with Gasteiger partial charge in [-0.3, -0.25) is 0 Å². The SMILES string of the molecule is FC1=C(C(C(F)(F)F)(C(F)(F)F)C(F)(C(F)(F)F)C(F)(F)C(F)(F)F)C(F)(F)C(F)(F)C1(F)F. The summed E-state index contributed by atoms with van der Waals surface area (Å²) in [6.45, 7) is 0. The van der Waals surface area contributed by atoms with Gasteiger partial charge in [-0.25, -0.2) is 8.78 Å². The maximum absolute atomic E-state index is 14.5. The van der Waals surface area contributed by atoms with Gasteiger partial charge in [0.15, 0.2) is 5.83 Å². The maximum Gasteiger partial charge on any atom is 0.457 e. The van der Waals surface area contributed by atoms with Crippen LogP contribution in [0.4, 0.5) is 96.6 Å². The average molecular weight is 562 g/mol. The second-order valence-corrected chi connectivity index (χ2v) is 6.39. The van der Waals surface area contributed by atoms with Gasteiger partial charge < -0.3 is 0 Å². The minimum Gasteiger partial charge on any atom is -0.225 e. The molecule has 0 saturated heterocycles. The van der Waals surface area contributed by atoms with Gasteiger partial charge in [0.2, 0.25) is 5.41 Å². The summed E-state index contributed by atoms with van der Waals surface area (Å²) < 4.78 is 291. The Kier molecular flexibility index (Phi) is 6.14. The van der Waals surface area contributed by atoms with Crippen molar-refractivity contribution < 1.29 is 96.6 Å².